The molecule has 9 heteroatoms. The third kappa shape index (κ3) is 3.35. The van der Waals surface area contributed by atoms with Crippen molar-refractivity contribution in [3.8, 4) is 11.3 Å². The Morgan fingerprint density at radius 1 is 1.43 bits per heavy atom. The average molecular weight is 434 g/mol. The van der Waals surface area contributed by atoms with E-state index >= 15 is 0 Å². The summed E-state index contributed by atoms with van der Waals surface area (Å²) >= 11 is 10.7. The van der Waals surface area contributed by atoms with Crippen LogP contribution in [0, 0.1) is 0 Å². The summed E-state index contributed by atoms with van der Waals surface area (Å²) in [6, 6.07) is 5.26. The first-order valence-electron chi connectivity index (χ1n) is 6.38. The second-order valence-electron chi connectivity index (χ2n) is 5.06. The largest absolute Gasteiger partial charge is 0.351 e. The Hall–Kier alpha value is -1.22. The Balaban J connectivity index is 2.28. The lowest BCUT2D eigenvalue weighted by Gasteiger charge is -2.01. The predicted molar refractivity (Wildman–Crippen MR) is 96.2 cm³/mol. The van der Waals surface area contributed by atoms with Crippen molar-refractivity contribution >= 4 is 65.6 Å². The zero-order valence-corrected chi connectivity index (χ0v) is 15.7. The van der Waals surface area contributed by atoms with Crippen LogP contribution < -0.4 is 0 Å². The van der Waals surface area contributed by atoms with Crippen molar-refractivity contribution < 1.29 is 13.2 Å². The average Bonchev–Trinajstić information content (AvgIpc) is 3.04. The van der Waals surface area contributed by atoms with Gasteiger partial charge in [0.15, 0.2) is 15.6 Å². The minimum absolute atomic E-state index is 0.227. The van der Waals surface area contributed by atoms with Crippen LogP contribution in [0.25, 0.3) is 22.2 Å². The number of benzene rings is 1. The van der Waals surface area contributed by atoms with E-state index in [1.165, 1.54) is 11.5 Å². The van der Waals surface area contributed by atoms with Crippen LogP contribution in [-0.4, -0.2) is 35.6 Å². The molecule has 0 aliphatic rings. The van der Waals surface area contributed by atoms with E-state index in [1.807, 2.05) is 0 Å². The number of aromatic nitrogens is 2. The molecule has 0 fully saturated rings. The smallest absolute Gasteiger partial charge is 0.194 e. The monoisotopic (exact) mass is 432 g/mol. The van der Waals surface area contributed by atoms with E-state index in [2.05, 4.69) is 25.3 Å². The van der Waals surface area contributed by atoms with E-state index in [1.54, 1.807) is 23.6 Å². The summed E-state index contributed by atoms with van der Waals surface area (Å²) in [6.45, 7) is 0. The van der Waals surface area contributed by atoms with Gasteiger partial charge in [-0.25, -0.2) is 8.42 Å². The SMILES string of the molecule is CS(=O)(=O)CC(=O)c1[nH]c2cc(Br)c(Cl)cc2c1-c1ccsn1. The van der Waals surface area contributed by atoms with Crippen LogP contribution in [0.15, 0.2) is 28.1 Å². The normalized spacial score (nSPS) is 12.0. The van der Waals surface area contributed by atoms with Gasteiger partial charge >= 0.3 is 0 Å². The molecule has 1 N–H and O–H groups in total. The number of ketones is 1. The van der Waals surface area contributed by atoms with Crippen molar-refractivity contribution in [2.24, 2.45) is 0 Å². The number of halogens is 2. The van der Waals surface area contributed by atoms with Gasteiger partial charge in [0.25, 0.3) is 0 Å². The Kier molecular flexibility index (Phi) is 4.35. The van der Waals surface area contributed by atoms with Crippen molar-refractivity contribution in [2.75, 3.05) is 12.0 Å². The van der Waals surface area contributed by atoms with E-state index < -0.39 is 21.4 Å². The molecule has 0 atom stereocenters. The van der Waals surface area contributed by atoms with Gasteiger partial charge in [0.1, 0.15) is 5.75 Å². The number of fused-ring (bicyclic) bond motifs is 1. The quantitative estimate of drug-likeness (QED) is 0.632. The number of carbonyl (C=O) groups excluding carboxylic acids is 1. The lowest BCUT2D eigenvalue weighted by Crippen LogP contribution is -2.15. The number of carbonyl (C=O) groups is 1. The molecule has 3 rings (SSSR count). The zero-order chi connectivity index (χ0) is 16.8. The predicted octanol–water partition coefficient (Wildman–Crippen LogP) is 3.93. The topological polar surface area (TPSA) is 79.9 Å². The van der Waals surface area contributed by atoms with Crippen LogP contribution in [0.5, 0.6) is 0 Å². The highest BCUT2D eigenvalue weighted by Gasteiger charge is 2.23. The van der Waals surface area contributed by atoms with Gasteiger partial charge in [-0.15, -0.1) is 0 Å². The molecule has 0 aliphatic heterocycles. The number of rotatable bonds is 4. The highest BCUT2D eigenvalue weighted by Crippen LogP contribution is 2.37. The zero-order valence-electron chi connectivity index (χ0n) is 11.8. The van der Waals surface area contributed by atoms with Gasteiger partial charge in [0.05, 0.1) is 16.4 Å². The van der Waals surface area contributed by atoms with E-state index in [0.717, 1.165) is 11.6 Å². The number of H-pyrrole nitrogens is 1. The number of Topliss-reactive ketones (excluding diaryl/α,β-unsaturated/α-hetero) is 1. The maximum Gasteiger partial charge on any atom is 0.194 e. The van der Waals surface area contributed by atoms with Crippen molar-refractivity contribution in [1.82, 2.24) is 9.36 Å². The fraction of sp³-hybridized carbons (Fsp3) is 0.143. The number of hydrogen-bond donors (Lipinski definition) is 1. The molecule has 2 heterocycles. The van der Waals surface area contributed by atoms with Gasteiger partial charge in [-0.3, -0.25) is 4.79 Å². The molecule has 0 aliphatic carbocycles. The standard InChI is InChI=1S/C14H10BrClN2O3S2/c1-23(20,21)6-12(19)14-13(10-2-3-22-18-10)7-4-9(16)8(15)5-11(7)17-14/h2-5,17H,6H2,1H3. The first-order valence-corrected chi connectivity index (χ1v) is 10.5. The summed E-state index contributed by atoms with van der Waals surface area (Å²) in [5.74, 6) is -1.06. The third-order valence-corrected chi connectivity index (χ3v) is 5.75. The summed E-state index contributed by atoms with van der Waals surface area (Å²) in [4.78, 5) is 15.4. The van der Waals surface area contributed by atoms with Gasteiger partial charge in [-0.2, -0.15) is 4.37 Å². The van der Waals surface area contributed by atoms with Gasteiger partial charge in [-0.1, -0.05) is 11.6 Å². The molecule has 0 radical (unpaired) electrons. The summed E-state index contributed by atoms with van der Waals surface area (Å²) in [5, 5.41) is 3.01. The van der Waals surface area contributed by atoms with Crippen molar-refractivity contribution in [3.63, 3.8) is 0 Å². The van der Waals surface area contributed by atoms with E-state index in [4.69, 9.17) is 11.6 Å². The maximum absolute atomic E-state index is 12.4. The Morgan fingerprint density at radius 2 is 2.17 bits per heavy atom. The fourth-order valence-electron chi connectivity index (χ4n) is 2.32. The second-order valence-corrected chi connectivity index (χ2v) is 9.13. The molecule has 120 valence electrons. The van der Waals surface area contributed by atoms with Crippen molar-refractivity contribution in [3.05, 3.63) is 38.8 Å². The van der Waals surface area contributed by atoms with Gasteiger partial charge < -0.3 is 4.98 Å². The van der Waals surface area contributed by atoms with Crippen molar-refractivity contribution in [1.29, 1.82) is 0 Å². The summed E-state index contributed by atoms with van der Waals surface area (Å²) in [5.41, 5.74) is 2.09. The molecule has 2 aromatic heterocycles. The van der Waals surface area contributed by atoms with Crippen LogP contribution in [-0.2, 0) is 9.84 Å². The molecule has 0 amide bonds. The third-order valence-electron chi connectivity index (χ3n) is 3.21. The van der Waals surface area contributed by atoms with E-state index in [-0.39, 0.29) is 5.69 Å². The molecular formula is C14H10BrClN2O3S2. The Morgan fingerprint density at radius 3 is 2.78 bits per heavy atom. The van der Waals surface area contributed by atoms with Crippen LogP contribution in [0.4, 0.5) is 0 Å². The van der Waals surface area contributed by atoms with Crippen LogP contribution in [0.1, 0.15) is 10.5 Å². The Labute approximate surface area is 149 Å². The fourth-order valence-corrected chi connectivity index (χ4v) is 3.96. The lowest BCUT2D eigenvalue weighted by atomic mass is 10.1. The number of hydrogen-bond acceptors (Lipinski definition) is 5. The number of sulfone groups is 1. The first kappa shape index (κ1) is 16.6. The maximum atomic E-state index is 12.4. The number of aromatic amines is 1. The molecular weight excluding hydrogens is 424 g/mol. The lowest BCUT2D eigenvalue weighted by molar-refractivity contribution is 0.101. The molecule has 1 aromatic carbocycles. The molecule has 23 heavy (non-hydrogen) atoms. The second kappa shape index (κ2) is 6.01. The van der Waals surface area contributed by atoms with Gasteiger partial charge in [0.2, 0.25) is 0 Å². The van der Waals surface area contributed by atoms with E-state index in [0.29, 0.717) is 26.3 Å². The van der Waals surface area contributed by atoms with Crippen LogP contribution in [0.3, 0.4) is 0 Å². The van der Waals surface area contributed by atoms with Crippen molar-refractivity contribution in [2.45, 2.75) is 0 Å². The Bertz CT molecular complexity index is 1010. The highest BCUT2D eigenvalue weighted by atomic mass is 79.9. The summed E-state index contributed by atoms with van der Waals surface area (Å²) in [6.07, 6.45) is 1.03. The van der Waals surface area contributed by atoms with Crippen LogP contribution in [0.2, 0.25) is 5.02 Å². The number of nitrogens with zero attached hydrogens (tertiary/aromatic N) is 1. The molecule has 0 bridgehead atoms. The molecule has 3 aromatic rings. The van der Waals surface area contributed by atoms with Gasteiger partial charge in [-0.05, 0) is 45.7 Å². The molecule has 0 spiro atoms. The molecule has 5 nitrogen and oxygen atoms in total. The van der Waals surface area contributed by atoms with Crippen LogP contribution >= 0.6 is 39.1 Å². The van der Waals surface area contributed by atoms with E-state index in [9.17, 15) is 13.2 Å². The number of nitrogens with one attached hydrogen (secondary N) is 1. The van der Waals surface area contributed by atoms with Gasteiger partial charge in [0, 0.05) is 32.6 Å². The molecule has 0 saturated heterocycles. The highest BCUT2D eigenvalue weighted by molar-refractivity contribution is 9.10. The summed E-state index contributed by atoms with van der Waals surface area (Å²) < 4.78 is 27.9. The minimum Gasteiger partial charge on any atom is -0.351 e. The molecule has 0 unspecified atom stereocenters. The minimum atomic E-state index is -3.43. The first-order chi connectivity index (χ1) is 10.8. The molecule has 0 saturated carbocycles. The summed E-state index contributed by atoms with van der Waals surface area (Å²) in [7, 11) is -3.43.